The molecular formula is C36H29NO5. The molecule has 0 bridgehead atoms. The number of carbonyl (C=O) groups is 3. The van der Waals surface area contributed by atoms with E-state index in [1.165, 1.54) is 0 Å². The van der Waals surface area contributed by atoms with Crippen LogP contribution < -0.4 is 14.4 Å². The molecule has 6 nitrogen and oxygen atoms in total. The Kier molecular flexibility index (Phi) is 5.91. The molecule has 3 aliphatic rings. The third kappa shape index (κ3) is 3.41. The van der Waals surface area contributed by atoms with Crippen molar-refractivity contribution in [3.63, 3.8) is 0 Å². The van der Waals surface area contributed by atoms with Crippen molar-refractivity contribution in [1.29, 1.82) is 0 Å². The van der Waals surface area contributed by atoms with Crippen molar-refractivity contribution < 1.29 is 23.9 Å². The SMILES string of the molecule is COc1ccc(OC)c([C@H]2[C@H](C(=O)c3ccc(C)cc3)N3c4ccccc4C=CC3C23C(=O)c2ccccc2C3=O)c1. The maximum Gasteiger partial charge on any atom is 0.185 e. The number of ketones is 3. The molecule has 42 heavy (non-hydrogen) atoms. The molecule has 4 aromatic rings. The van der Waals surface area contributed by atoms with Gasteiger partial charge in [0, 0.05) is 33.9 Å². The first-order valence-corrected chi connectivity index (χ1v) is 14.0. The number of aryl methyl sites for hydroxylation is 1. The Morgan fingerprint density at radius 2 is 1.48 bits per heavy atom. The molecule has 1 fully saturated rings. The van der Waals surface area contributed by atoms with Gasteiger partial charge in [0.15, 0.2) is 17.3 Å². The molecule has 0 saturated carbocycles. The minimum absolute atomic E-state index is 0.173. The van der Waals surface area contributed by atoms with Gasteiger partial charge in [-0.25, -0.2) is 0 Å². The Morgan fingerprint density at radius 1 is 0.810 bits per heavy atom. The maximum absolute atomic E-state index is 14.8. The van der Waals surface area contributed by atoms with Crippen LogP contribution in [-0.2, 0) is 0 Å². The molecule has 1 spiro atoms. The van der Waals surface area contributed by atoms with Crippen molar-refractivity contribution in [3.8, 4) is 11.5 Å². The van der Waals surface area contributed by atoms with Crippen LogP contribution in [0.25, 0.3) is 6.08 Å². The van der Waals surface area contributed by atoms with E-state index in [1.807, 2.05) is 72.5 Å². The lowest BCUT2D eigenvalue weighted by molar-refractivity contribution is 0.0664. The lowest BCUT2D eigenvalue weighted by Gasteiger charge is -2.37. The van der Waals surface area contributed by atoms with Gasteiger partial charge in [0.2, 0.25) is 0 Å². The van der Waals surface area contributed by atoms with E-state index in [-0.39, 0.29) is 17.3 Å². The Bertz CT molecular complexity index is 1770. The van der Waals surface area contributed by atoms with Gasteiger partial charge in [-0.3, -0.25) is 14.4 Å². The number of hydrogen-bond donors (Lipinski definition) is 0. The molecule has 1 saturated heterocycles. The molecule has 7 rings (SSSR count). The zero-order valence-corrected chi connectivity index (χ0v) is 23.5. The predicted molar refractivity (Wildman–Crippen MR) is 161 cm³/mol. The quantitative estimate of drug-likeness (QED) is 0.212. The predicted octanol–water partition coefficient (Wildman–Crippen LogP) is 6.33. The van der Waals surface area contributed by atoms with Crippen molar-refractivity contribution in [1.82, 2.24) is 0 Å². The topological polar surface area (TPSA) is 72.9 Å². The van der Waals surface area contributed by atoms with Crippen molar-refractivity contribution in [3.05, 3.63) is 130 Å². The normalized spacial score (nSPS) is 21.2. The number of Topliss-reactive ketones (excluding diaryl/α,β-unsaturated/α-hetero) is 3. The summed E-state index contributed by atoms with van der Waals surface area (Å²) < 4.78 is 11.5. The van der Waals surface area contributed by atoms with Crippen LogP contribution in [0.1, 0.15) is 53.7 Å². The summed E-state index contributed by atoms with van der Waals surface area (Å²) in [6.07, 6.45) is 3.88. The smallest absolute Gasteiger partial charge is 0.185 e. The maximum atomic E-state index is 14.8. The number of anilines is 1. The lowest BCUT2D eigenvalue weighted by atomic mass is 9.64. The van der Waals surface area contributed by atoms with E-state index in [0.717, 1.165) is 16.8 Å². The summed E-state index contributed by atoms with van der Waals surface area (Å²) in [4.78, 5) is 46.5. The summed E-state index contributed by atoms with van der Waals surface area (Å²) in [5.74, 6) is -0.598. The average Bonchev–Trinajstić information content (AvgIpc) is 3.46. The largest absolute Gasteiger partial charge is 0.497 e. The summed E-state index contributed by atoms with van der Waals surface area (Å²) in [7, 11) is 3.12. The second kappa shape index (κ2) is 9.55. The van der Waals surface area contributed by atoms with E-state index in [9.17, 15) is 14.4 Å². The summed E-state index contributed by atoms with van der Waals surface area (Å²) >= 11 is 0. The van der Waals surface area contributed by atoms with E-state index in [0.29, 0.717) is 33.8 Å². The van der Waals surface area contributed by atoms with Gasteiger partial charge in [-0.2, -0.15) is 0 Å². The highest BCUT2D eigenvalue weighted by Crippen LogP contribution is 2.62. The van der Waals surface area contributed by atoms with Crippen molar-refractivity contribution in [2.75, 3.05) is 19.1 Å². The van der Waals surface area contributed by atoms with Gasteiger partial charge in [0.25, 0.3) is 0 Å². The first kappa shape index (κ1) is 26.0. The number of rotatable bonds is 5. The Morgan fingerprint density at radius 3 is 2.14 bits per heavy atom. The number of nitrogens with zero attached hydrogens (tertiary/aromatic N) is 1. The Balaban J connectivity index is 1.58. The molecule has 1 aliphatic carbocycles. The van der Waals surface area contributed by atoms with E-state index in [2.05, 4.69) is 0 Å². The highest BCUT2D eigenvalue weighted by Gasteiger charge is 2.72. The number of fused-ring (bicyclic) bond motifs is 5. The molecule has 0 N–H and O–H groups in total. The van der Waals surface area contributed by atoms with Crippen LogP contribution in [0.2, 0.25) is 0 Å². The Hall–Kier alpha value is -4.97. The first-order chi connectivity index (χ1) is 20.4. The summed E-state index contributed by atoms with van der Waals surface area (Å²) in [5, 5.41) is 0. The van der Waals surface area contributed by atoms with Crippen LogP contribution >= 0.6 is 0 Å². The summed E-state index contributed by atoms with van der Waals surface area (Å²) in [6.45, 7) is 1.97. The number of ether oxygens (including phenoxy) is 2. The molecule has 0 aromatic heterocycles. The van der Waals surface area contributed by atoms with Gasteiger partial charge in [-0.1, -0.05) is 84.4 Å². The van der Waals surface area contributed by atoms with Gasteiger partial charge in [-0.05, 0) is 36.8 Å². The van der Waals surface area contributed by atoms with E-state index >= 15 is 0 Å². The highest BCUT2D eigenvalue weighted by molar-refractivity contribution is 6.32. The van der Waals surface area contributed by atoms with E-state index in [1.54, 1.807) is 56.7 Å². The first-order valence-electron chi connectivity index (χ1n) is 14.0. The van der Waals surface area contributed by atoms with Gasteiger partial charge in [0.05, 0.1) is 20.3 Å². The fourth-order valence-corrected chi connectivity index (χ4v) is 7.23. The zero-order chi connectivity index (χ0) is 29.2. The molecule has 2 aliphatic heterocycles. The third-order valence-electron chi connectivity index (χ3n) is 9.09. The fourth-order valence-electron chi connectivity index (χ4n) is 7.23. The number of benzene rings is 4. The van der Waals surface area contributed by atoms with Crippen molar-refractivity contribution in [2.24, 2.45) is 5.41 Å². The van der Waals surface area contributed by atoms with Crippen LogP contribution in [0.3, 0.4) is 0 Å². The van der Waals surface area contributed by atoms with Crippen LogP contribution in [0.4, 0.5) is 5.69 Å². The van der Waals surface area contributed by atoms with Crippen molar-refractivity contribution >= 4 is 29.1 Å². The summed E-state index contributed by atoms with van der Waals surface area (Å²) in [6, 6.07) is 26.0. The van der Waals surface area contributed by atoms with Crippen LogP contribution in [0.5, 0.6) is 11.5 Å². The number of carbonyl (C=O) groups excluding carboxylic acids is 3. The standard InChI is InChI=1S/C36H29NO5/c1-21-12-14-23(15-13-21)33(38)32-31(27-20-24(41-2)17-18-29(27)42-3)36(34(39)25-9-5-6-10-26(25)35(36)40)30-19-16-22-8-4-7-11-28(22)37(30)32/h4-20,30-32H,1-3H3/t30?,31-,32+/m0/s1. The second-order valence-corrected chi connectivity index (χ2v) is 11.1. The van der Waals surface area contributed by atoms with Gasteiger partial charge >= 0.3 is 0 Å². The van der Waals surface area contributed by atoms with Crippen LogP contribution in [-0.4, -0.2) is 43.7 Å². The average molecular weight is 556 g/mol. The minimum atomic E-state index is -1.61. The molecule has 1 unspecified atom stereocenters. The number of methoxy groups -OCH3 is 2. The second-order valence-electron chi connectivity index (χ2n) is 11.1. The van der Waals surface area contributed by atoms with Crippen LogP contribution in [0, 0.1) is 12.3 Å². The molecule has 3 atom stereocenters. The van der Waals surface area contributed by atoms with E-state index < -0.39 is 23.4 Å². The number of hydrogen-bond acceptors (Lipinski definition) is 6. The highest BCUT2D eigenvalue weighted by atomic mass is 16.5. The molecule has 6 heteroatoms. The van der Waals surface area contributed by atoms with Gasteiger partial charge < -0.3 is 14.4 Å². The van der Waals surface area contributed by atoms with Crippen molar-refractivity contribution in [2.45, 2.75) is 24.9 Å². The molecule has 208 valence electrons. The molecule has 2 heterocycles. The Labute approximate surface area is 244 Å². The lowest BCUT2D eigenvalue weighted by Crippen LogP contribution is -2.48. The third-order valence-corrected chi connectivity index (χ3v) is 9.09. The minimum Gasteiger partial charge on any atom is -0.497 e. The van der Waals surface area contributed by atoms with Gasteiger partial charge in [0.1, 0.15) is 23.0 Å². The zero-order valence-electron chi connectivity index (χ0n) is 23.5. The van der Waals surface area contributed by atoms with E-state index in [4.69, 9.17) is 9.47 Å². The monoisotopic (exact) mass is 555 g/mol. The molecular weight excluding hydrogens is 526 g/mol. The molecule has 0 amide bonds. The molecule has 4 aromatic carbocycles. The van der Waals surface area contributed by atoms with Crippen LogP contribution in [0.15, 0.2) is 97.1 Å². The fraction of sp³-hybridized carbons (Fsp3) is 0.194. The summed E-state index contributed by atoms with van der Waals surface area (Å²) in [5.41, 5.74) is 2.98. The molecule has 0 radical (unpaired) electrons. The number of para-hydroxylation sites is 1. The van der Waals surface area contributed by atoms with Gasteiger partial charge in [-0.15, -0.1) is 0 Å².